The Morgan fingerprint density at radius 2 is 2.11 bits per heavy atom. The third-order valence-corrected chi connectivity index (χ3v) is 3.96. The molecular weight excluding hydrogens is 236 g/mol. The quantitative estimate of drug-likeness (QED) is 0.851. The van der Waals surface area contributed by atoms with Gasteiger partial charge in [0.15, 0.2) is 0 Å². The monoisotopic (exact) mass is 260 g/mol. The van der Waals surface area contributed by atoms with Crippen LogP contribution in [0.4, 0.5) is 5.69 Å². The highest BCUT2D eigenvalue weighted by Crippen LogP contribution is 2.29. The molecule has 2 rings (SSSR count). The van der Waals surface area contributed by atoms with Crippen molar-refractivity contribution in [1.82, 2.24) is 5.32 Å². The van der Waals surface area contributed by atoms with Crippen LogP contribution < -0.4 is 10.6 Å². The smallest absolute Gasteiger partial charge is 0.251 e. The van der Waals surface area contributed by atoms with E-state index in [-0.39, 0.29) is 5.91 Å². The standard InChI is InChI=1S/C16H24N2O/c1-3-17-16(19)14-9-6-10-15(11-14)18-12(2)13-7-4-5-8-13/h6,9-13,18H,3-5,7-8H2,1-2H3,(H,17,19). The summed E-state index contributed by atoms with van der Waals surface area (Å²) in [6.45, 7) is 4.84. The molecule has 3 heteroatoms. The summed E-state index contributed by atoms with van der Waals surface area (Å²) in [4.78, 5) is 11.8. The number of benzene rings is 1. The van der Waals surface area contributed by atoms with E-state index in [0.29, 0.717) is 12.6 Å². The fraction of sp³-hybridized carbons (Fsp3) is 0.562. The number of nitrogens with one attached hydrogen (secondary N) is 2. The van der Waals surface area contributed by atoms with Crippen molar-refractivity contribution in [2.24, 2.45) is 5.92 Å². The first-order chi connectivity index (χ1) is 9.20. The molecule has 1 amide bonds. The van der Waals surface area contributed by atoms with Gasteiger partial charge in [-0.25, -0.2) is 0 Å². The predicted molar refractivity (Wildman–Crippen MR) is 79.5 cm³/mol. The van der Waals surface area contributed by atoms with Crippen molar-refractivity contribution in [3.8, 4) is 0 Å². The molecule has 0 saturated heterocycles. The lowest BCUT2D eigenvalue weighted by molar-refractivity contribution is 0.0956. The molecule has 1 atom stereocenters. The second kappa shape index (κ2) is 6.60. The molecule has 0 spiro atoms. The average molecular weight is 260 g/mol. The van der Waals surface area contributed by atoms with Crippen molar-refractivity contribution < 1.29 is 4.79 Å². The highest BCUT2D eigenvalue weighted by Gasteiger charge is 2.21. The van der Waals surface area contributed by atoms with E-state index >= 15 is 0 Å². The number of anilines is 1. The van der Waals surface area contributed by atoms with Gasteiger partial charge in [0, 0.05) is 23.8 Å². The summed E-state index contributed by atoms with van der Waals surface area (Å²) >= 11 is 0. The van der Waals surface area contributed by atoms with Gasteiger partial charge in [0.1, 0.15) is 0 Å². The van der Waals surface area contributed by atoms with Crippen LogP contribution in [-0.2, 0) is 0 Å². The molecule has 1 fully saturated rings. The van der Waals surface area contributed by atoms with Gasteiger partial charge in [0.25, 0.3) is 5.91 Å². The van der Waals surface area contributed by atoms with Crippen molar-refractivity contribution in [2.75, 3.05) is 11.9 Å². The highest BCUT2D eigenvalue weighted by molar-refractivity contribution is 5.95. The Labute approximate surface area is 115 Å². The second-order valence-corrected chi connectivity index (χ2v) is 5.42. The van der Waals surface area contributed by atoms with Crippen LogP contribution in [0.15, 0.2) is 24.3 Å². The van der Waals surface area contributed by atoms with Crippen LogP contribution in [0.3, 0.4) is 0 Å². The van der Waals surface area contributed by atoms with Crippen molar-refractivity contribution >= 4 is 11.6 Å². The Hall–Kier alpha value is -1.51. The fourth-order valence-corrected chi connectivity index (χ4v) is 2.85. The topological polar surface area (TPSA) is 41.1 Å². The summed E-state index contributed by atoms with van der Waals surface area (Å²) in [5.41, 5.74) is 1.77. The van der Waals surface area contributed by atoms with E-state index in [1.165, 1.54) is 25.7 Å². The zero-order valence-electron chi connectivity index (χ0n) is 11.9. The van der Waals surface area contributed by atoms with Crippen molar-refractivity contribution in [3.05, 3.63) is 29.8 Å². The van der Waals surface area contributed by atoms with Gasteiger partial charge in [0.2, 0.25) is 0 Å². The first kappa shape index (κ1) is 13.9. The zero-order chi connectivity index (χ0) is 13.7. The van der Waals surface area contributed by atoms with E-state index in [4.69, 9.17) is 0 Å². The predicted octanol–water partition coefficient (Wildman–Crippen LogP) is 3.43. The minimum absolute atomic E-state index is 0.000306. The Balaban J connectivity index is 2.00. The number of amides is 1. The fourth-order valence-electron chi connectivity index (χ4n) is 2.85. The largest absolute Gasteiger partial charge is 0.382 e. The summed E-state index contributed by atoms with van der Waals surface area (Å²) in [6, 6.07) is 8.25. The summed E-state index contributed by atoms with van der Waals surface area (Å²) in [7, 11) is 0. The molecule has 0 aliphatic heterocycles. The molecule has 0 aromatic heterocycles. The minimum atomic E-state index is -0.000306. The van der Waals surface area contributed by atoms with Crippen LogP contribution in [0, 0.1) is 5.92 Å². The van der Waals surface area contributed by atoms with Gasteiger partial charge in [-0.3, -0.25) is 4.79 Å². The number of rotatable bonds is 5. The maximum absolute atomic E-state index is 11.8. The molecule has 104 valence electrons. The number of hydrogen-bond donors (Lipinski definition) is 2. The Morgan fingerprint density at radius 3 is 2.79 bits per heavy atom. The van der Waals surface area contributed by atoms with Crippen molar-refractivity contribution in [2.45, 2.75) is 45.6 Å². The van der Waals surface area contributed by atoms with Crippen LogP contribution in [-0.4, -0.2) is 18.5 Å². The number of carbonyl (C=O) groups excluding carboxylic acids is 1. The molecule has 2 N–H and O–H groups in total. The minimum Gasteiger partial charge on any atom is -0.382 e. The number of hydrogen-bond acceptors (Lipinski definition) is 2. The van der Waals surface area contributed by atoms with Gasteiger partial charge in [-0.2, -0.15) is 0 Å². The maximum Gasteiger partial charge on any atom is 0.251 e. The van der Waals surface area contributed by atoms with E-state index in [1.807, 2.05) is 31.2 Å². The van der Waals surface area contributed by atoms with E-state index in [0.717, 1.165) is 17.2 Å². The summed E-state index contributed by atoms with van der Waals surface area (Å²) in [6.07, 6.45) is 5.36. The molecule has 3 nitrogen and oxygen atoms in total. The highest BCUT2D eigenvalue weighted by atomic mass is 16.1. The molecule has 1 unspecified atom stereocenters. The lowest BCUT2D eigenvalue weighted by atomic mass is 9.99. The Bertz CT molecular complexity index is 425. The third kappa shape index (κ3) is 3.72. The summed E-state index contributed by atoms with van der Waals surface area (Å²) in [5.74, 6) is 0.771. The summed E-state index contributed by atoms with van der Waals surface area (Å²) < 4.78 is 0. The maximum atomic E-state index is 11.8. The van der Waals surface area contributed by atoms with Crippen LogP contribution in [0.5, 0.6) is 0 Å². The SMILES string of the molecule is CCNC(=O)c1cccc(NC(C)C2CCCC2)c1. The molecule has 1 aliphatic rings. The number of carbonyl (C=O) groups is 1. The summed E-state index contributed by atoms with van der Waals surface area (Å²) in [5, 5.41) is 6.37. The molecule has 1 aromatic rings. The van der Waals surface area contributed by atoms with Gasteiger partial charge >= 0.3 is 0 Å². The molecule has 1 saturated carbocycles. The Morgan fingerprint density at radius 1 is 1.37 bits per heavy atom. The van der Waals surface area contributed by atoms with Gasteiger partial charge in [-0.05, 0) is 50.8 Å². The van der Waals surface area contributed by atoms with Crippen LogP contribution >= 0.6 is 0 Å². The zero-order valence-corrected chi connectivity index (χ0v) is 11.9. The van der Waals surface area contributed by atoms with Gasteiger partial charge < -0.3 is 10.6 Å². The van der Waals surface area contributed by atoms with E-state index < -0.39 is 0 Å². The van der Waals surface area contributed by atoms with E-state index in [1.54, 1.807) is 0 Å². The molecule has 19 heavy (non-hydrogen) atoms. The molecule has 0 radical (unpaired) electrons. The van der Waals surface area contributed by atoms with Crippen molar-refractivity contribution in [1.29, 1.82) is 0 Å². The van der Waals surface area contributed by atoms with E-state index in [9.17, 15) is 4.79 Å². The normalized spacial score (nSPS) is 17.2. The van der Waals surface area contributed by atoms with E-state index in [2.05, 4.69) is 17.6 Å². The van der Waals surface area contributed by atoms with Crippen LogP contribution in [0.2, 0.25) is 0 Å². The van der Waals surface area contributed by atoms with Gasteiger partial charge in [-0.15, -0.1) is 0 Å². The van der Waals surface area contributed by atoms with Gasteiger partial charge in [0.05, 0.1) is 0 Å². The van der Waals surface area contributed by atoms with Crippen LogP contribution in [0.1, 0.15) is 49.9 Å². The molecule has 1 aromatic carbocycles. The lowest BCUT2D eigenvalue weighted by Crippen LogP contribution is -2.25. The molecule has 0 bridgehead atoms. The Kier molecular flexibility index (Phi) is 4.83. The second-order valence-electron chi connectivity index (χ2n) is 5.42. The lowest BCUT2D eigenvalue weighted by Gasteiger charge is -2.21. The van der Waals surface area contributed by atoms with Crippen LogP contribution in [0.25, 0.3) is 0 Å². The first-order valence-electron chi connectivity index (χ1n) is 7.35. The first-order valence-corrected chi connectivity index (χ1v) is 7.35. The third-order valence-electron chi connectivity index (χ3n) is 3.96. The molecule has 1 aliphatic carbocycles. The van der Waals surface area contributed by atoms with Crippen molar-refractivity contribution in [3.63, 3.8) is 0 Å². The molecular formula is C16H24N2O. The average Bonchev–Trinajstić information content (AvgIpc) is 2.93. The van der Waals surface area contributed by atoms with Gasteiger partial charge in [-0.1, -0.05) is 18.9 Å². The molecule has 0 heterocycles.